The Kier molecular flexibility index (Phi) is 5.93. The first-order chi connectivity index (χ1) is 12.2. The molecule has 1 saturated heterocycles. The van der Waals surface area contributed by atoms with E-state index in [-0.39, 0.29) is 11.9 Å². The number of piperazine rings is 1. The molecule has 1 atom stereocenters. The Balaban J connectivity index is 1.67. The normalized spacial score (nSPS) is 17.0. The van der Waals surface area contributed by atoms with Crippen LogP contribution in [0.1, 0.15) is 25.2 Å². The number of halogens is 1. The van der Waals surface area contributed by atoms with Crippen LogP contribution in [-0.2, 0) is 11.3 Å². The molecule has 2 aromatic rings. The molecule has 1 aromatic heterocycles. The molecule has 0 unspecified atom stereocenters. The molecule has 1 aromatic carbocycles. The standard InChI is InChI=1S/C17H25FN6O/c1-3-15(17-19-20-21-24(17)12-13-25-2)22-8-10-23(11-9-22)16-7-5-4-6-14(16)18/h4-7,15H,3,8-13H2,1-2H3/p+1/t15-/m0/s1. The van der Waals surface area contributed by atoms with Crippen molar-refractivity contribution in [3.63, 3.8) is 0 Å². The molecule has 1 aliphatic rings. The highest BCUT2D eigenvalue weighted by Gasteiger charge is 2.31. The predicted octanol–water partition coefficient (Wildman–Crippen LogP) is 0.315. The van der Waals surface area contributed by atoms with E-state index in [1.165, 1.54) is 11.0 Å². The molecule has 1 aliphatic heterocycles. The van der Waals surface area contributed by atoms with Gasteiger partial charge in [0.25, 0.3) is 0 Å². The zero-order valence-corrected chi connectivity index (χ0v) is 14.9. The lowest BCUT2D eigenvalue weighted by atomic mass is 10.1. The fourth-order valence-electron chi connectivity index (χ4n) is 3.54. The molecule has 7 nitrogen and oxygen atoms in total. The van der Waals surface area contributed by atoms with Gasteiger partial charge in [0.15, 0.2) is 0 Å². The monoisotopic (exact) mass is 349 g/mol. The second kappa shape index (κ2) is 8.35. The maximum Gasteiger partial charge on any atom is 0.209 e. The van der Waals surface area contributed by atoms with Gasteiger partial charge >= 0.3 is 0 Å². The first kappa shape index (κ1) is 17.8. The number of ether oxygens (including phenoxy) is 1. The van der Waals surface area contributed by atoms with Crippen molar-refractivity contribution >= 4 is 5.69 Å². The number of tetrazole rings is 1. The average Bonchev–Trinajstić information content (AvgIpc) is 3.10. The van der Waals surface area contributed by atoms with Gasteiger partial charge in [0.05, 0.1) is 45.0 Å². The molecule has 25 heavy (non-hydrogen) atoms. The fraction of sp³-hybridized carbons (Fsp3) is 0.588. The van der Waals surface area contributed by atoms with E-state index < -0.39 is 0 Å². The zero-order valence-electron chi connectivity index (χ0n) is 14.9. The van der Waals surface area contributed by atoms with E-state index in [0.717, 1.165) is 38.4 Å². The number of nitrogens with one attached hydrogen (secondary N) is 1. The summed E-state index contributed by atoms with van der Waals surface area (Å²) in [6.45, 7) is 6.93. The Bertz CT molecular complexity index is 671. The number of benzene rings is 1. The number of quaternary nitrogens is 1. The van der Waals surface area contributed by atoms with Crippen LogP contribution >= 0.6 is 0 Å². The number of para-hydroxylation sites is 1. The molecule has 0 bridgehead atoms. The van der Waals surface area contributed by atoms with Gasteiger partial charge in [-0.2, -0.15) is 0 Å². The first-order valence-electron chi connectivity index (χ1n) is 8.83. The Morgan fingerprint density at radius 2 is 2.04 bits per heavy atom. The molecule has 0 spiro atoms. The van der Waals surface area contributed by atoms with Gasteiger partial charge in [0.2, 0.25) is 5.82 Å². The molecule has 0 amide bonds. The summed E-state index contributed by atoms with van der Waals surface area (Å²) in [4.78, 5) is 3.57. The summed E-state index contributed by atoms with van der Waals surface area (Å²) in [5, 5.41) is 12.2. The summed E-state index contributed by atoms with van der Waals surface area (Å²) in [5.74, 6) is 0.760. The van der Waals surface area contributed by atoms with E-state index in [1.807, 2.05) is 16.8 Å². The van der Waals surface area contributed by atoms with Crippen molar-refractivity contribution in [2.45, 2.75) is 25.9 Å². The predicted molar refractivity (Wildman–Crippen MR) is 92.0 cm³/mol. The lowest BCUT2D eigenvalue weighted by molar-refractivity contribution is -0.933. The Hall–Kier alpha value is -2.06. The molecule has 1 fully saturated rings. The number of hydrogen-bond donors (Lipinski definition) is 1. The summed E-state index contributed by atoms with van der Waals surface area (Å²) >= 11 is 0. The second-order valence-corrected chi connectivity index (χ2v) is 6.31. The van der Waals surface area contributed by atoms with Gasteiger partial charge in [0, 0.05) is 13.5 Å². The van der Waals surface area contributed by atoms with E-state index in [4.69, 9.17) is 4.74 Å². The Morgan fingerprint density at radius 3 is 2.72 bits per heavy atom. The molecule has 2 heterocycles. The van der Waals surface area contributed by atoms with Gasteiger partial charge in [0.1, 0.15) is 11.9 Å². The average molecular weight is 349 g/mol. The van der Waals surface area contributed by atoms with Gasteiger partial charge in [-0.1, -0.05) is 19.1 Å². The minimum atomic E-state index is -0.151. The van der Waals surface area contributed by atoms with Crippen LogP contribution in [-0.4, -0.2) is 60.1 Å². The van der Waals surface area contributed by atoms with Crippen LogP contribution in [0.5, 0.6) is 0 Å². The lowest BCUT2D eigenvalue weighted by Crippen LogP contribution is -3.15. The maximum absolute atomic E-state index is 14.0. The highest BCUT2D eigenvalue weighted by Crippen LogP contribution is 2.19. The molecule has 1 N–H and O–H groups in total. The molecular weight excluding hydrogens is 323 g/mol. The maximum atomic E-state index is 14.0. The highest BCUT2D eigenvalue weighted by atomic mass is 19.1. The van der Waals surface area contributed by atoms with Crippen LogP contribution in [0.2, 0.25) is 0 Å². The topological polar surface area (TPSA) is 60.5 Å². The van der Waals surface area contributed by atoms with Crippen molar-refractivity contribution in [3.8, 4) is 0 Å². The van der Waals surface area contributed by atoms with Crippen LogP contribution in [0.15, 0.2) is 24.3 Å². The van der Waals surface area contributed by atoms with E-state index >= 15 is 0 Å². The molecule has 8 heteroatoms. The highest BCUT2D eigenvalue weighted by molar-refractivity contribution is 5.47. The van der Waals surface area contributed by atoms with Crippen LogP contribution < -0.4 is 9.80 Å². The zero-order chi connectivity index (χ0) is 17.6. The Morgan fingerprint density at radius 1 is 1.28 bits per heavy atom. The summed E-state index contributed by atoms with van der Waals surface area (Å²) < 4.78 is 21.0. The quantitative estimate of drug-likeness (QED) is 0.780. The molecule has 0 aliphatic carbocycles. The van der Waals surface area contributed by atoms with Crippen molar-refractivity contribution in [2.24, 2.45) is 0 Å². The molecule has 0 saturated carbocycles. The van der Waals surface area contributed by atoms with Crippen LogP contribution in [0.4, 0.5) is 10.1 Å². The van der Waals surface area contributed by atoms with Gasteiger partial charge in [-0.15, -0.1) is 5.10 Å². The molecule has 0 radical (unpaired) electrons. The summed E-state index contributed by atoms with van der Waals surface area (Å²) in [6.07, 6.45) is 0.961. The van der Waals surface area contributed by atoms with E-state index in [1.54, 1.807) is 13.2 Å². The first-order valence-corrected chi connectivity index (χ1v) is 8.83. The third-order valence-electron chi connectivity index (χ3n) is 4.88. The number of nitrogens with zero attached hydrogens (tertiary/aromatic N) is 5. The SMILES string of the molecule is CC[C@@H](c1nnnn1CCOC)[NH+]1CCN(c2ccccc2F)CC1. The van der Waals surface area contributed by atoms with Crippen LogP contribution in [0.25, 0.3) is 0 Å². The smallest absolute Gasteiger partial charge is 0.209 e. The van der Waals surface area contributed by atoms with Crippen molar-refractivity contribution in [1.82, 2.24) is 20.2 Å². The van der Waals surface area contributed by atoms with Crippen molar-refractivity contribution in [2.75, 3.05) is 44.8 Å². The second-order valence-electron chi connectivity index (χ2n) is 6.31. The number of aromatic nitrogens is 4. The van der Waals surface area contributed by atoms with E-state index in [2.05, 4.69) is 27.3 Å². The molecule has 3 rings (SSSR count). The Labute approximate surface area is 147 Å². The number of anilines is 1. The van der Waals surface area contributed by atoms with Gasteiger partial charge < -0.3 is 14.5 Å². The van der Waals surface area contributed by atoms with E-state index in [9.17, 15) is 4.39 Å². The fourth-order valence-corrected chi connectivity index (χ4v) is 3.54. The summed E-state index contributed by atoms with van der Waals surface area (Å²) in [6, 6.07) is 7.23. The number of hydrogen-bond acceptors (Lipinski definition) is 5. The largest absolute Gasteiger partial charge is 0.383 e. The van der Waals surface area contributed by atoms with Crippen LogP contribution in [0.3, 0.4) is 0 Å². The molecule has 136 valence electrons. The minimum Gasteiger partial charge on any atom is -0.383 e. The minimum absolute atomic E-state index is 0.151. The summed E-state index contributed by atoms with van der Waals surface area (Å²) in [7, 11) is 1.68. The molecular formula is C17H26FN6O+. The number of methoxy groups -OCH3 is 1. The summed E-state index contributed by atoms with van der Waals surface area (Å²) in [5.41, 5.74) is 0.694. The third kappa shape index (κ3) is 3.96. The number of rotatable bonds is 7. The van der Waals surface area contributed by atoms with Crippen molar-refractivity contribution in [1.29, 1.82) is 0 Å². The van der Waals surface area contributed by atoms with Crippen molar-refractivity contribution < 1.29 is 14.0 Å². The van der Waals surface area contributed by atoms with Gasteiger partial charge in [-0.3, -0.25) is 0 Å². The van der Waals surface area contributed by atoms with Crippen LogP contribution in [0, 0.1) is 5.82 Å². The van der Waals surface area contributed by atoms with Gasteiger partial charge in [-0.25, -0.2) is 9.07 Å². The van der Waals surface area contributed by atoms with Crippen molar-refractivity contribution in [3.05, 3.63) is 35.9 Å². The van der Waals surface area contributed by atoms with E-state index in [0.29, 0.717) is 18.8 Å². The third-order valence-corrected chi connectivity index (χ3v) is 4.88. The lowest BCUT2D eigenvalue weighted by Gasteiger charge is -2.36. The van der Waals surface area contributed by atoms with Gasteiger partial charge in [-0.05, 0) is 22.6 Å².